The summed E-state index contributed by atoms with van der Waals surface area (Å²) in [7, 11) is 0. The molecule has 2 N–H and O–H groups in total. The molecule has 1 aromatic heterocycles. The van der Waals surface area contributed by atoms with Crippen LogP contribution in [0.3, 0.4) is 0 Å². The molecule has 2 amide bonds. The molecule has 1 fully saturated rings. The first-order valence-electron chi connectivity index (χ1n) is 8.02. The molecule has 1 atom stereocenters. The first-order chi connectivity index (χ1) is 11.7. The number of carbonyl (C=O) groups excluding carboxylic acids is 2. The van der Waals surface area contributed by atoms with Gasteiger partial charge in [-0.1, -0.05) is 24.3 Å². The fourth-order valence-electron chi connectivity index (χ4n) is 2.71. The molecule has 24 heavy (non-hydrogen) atoms. The van der Waals surface area contributed by atoms with Crippen molar-refractivity contribution in [2.75, 3.05) is 6.54 Å². The van der Waals surface area contributed by atoms with E-state index in [0.29, 0.717) is 19.4 Å². The summed E-state index contributed by atoms with van der Waals surface area (Å²) in [4.78, 5) is 23.6. The normalized spacial score (nSPS) is 17.2. The molecular formula is C18H20N2O4. The highest BCUT2D eigenvalue weighted by atomic mass is 16.5. The lowest BCUT2D eigenvalue weighted by Crippen LogP contribution is -2.50. The number of hydrogen-bond acceptors (Lipinski definition) is 4. The minimum atomic E-state index is -0.579. The zero-order valence-electron chi connectivity index (χ0n) is 13.3. The van der Waals surface area contributed by atoms with Gasteiger partial charge in [0.05, 0.1) is 6.26 Å². The van der Waals surface area contributed by atoms with E-state index in [1.807, 2.05) is 36.4 Å². The van der Waals surface area contributed by atoms with Crippen LogP contribution in [0.4, 0.5) is 4.79 Å². The van der Waals surface area contributed by atoms with Crippen molar-refractivity contribution in [3.63, 3.8) is 0 Å². The third-order valence-corrected chi connectivity index (χ3v) is 4.00. The molecule has 0 aliphatic carbocycles. The Labute approximate surface area is 140 Å². The van der Waals surface area contributed by atoms with Crippen LogP contribution in [0, 0.1) is 0 Å². The van der Waals surface area contributed by atoms with E-state index in [0.717, 1.165) is 23.3 Å². The summed E-state index contributed by atoms with van der Waals surface area (Å²) in [5, 5.41) is 5.34. The van der Waals surface area contributed by atoms with Crippen molar-refractivity contribution >= 4 is 12.0 Å². The van der Waals surface area contributed by atoms with Crippen LogP contribution in [0.5, 0.6) is 0 Å². The summed E-state index contributed by atoms with van der Waals surface area (Å²) < 4.78 is 10.6. The van der Waals surface area contributed by atoms with Crippen LogP contribution in [-0.2, 0) is 22.6 Å². The first-order valence-corrected chi connectivity index (χ1v) is 8.02. The highest BCUT2D eigenvalue weighted by Gasteiger charge is 2.24. The van der Waals surface area contributed by atoms with Gasteiger partial charge in [0.15, 0.2) is 0 Å². The van der Waals surface area contributed by atoms with Gasteiger partial charge in [-0.2, -0.15) is 0 Å². The van der Waals surface area contributed by atoms with E-state index >= 15 is 0 Å². The number of amides is 2. The number of rotatable bonds is 5. The molecule has 3 rings (SSSR count). The Hall–Kier alpha value is -2.76. The number of carbonyl (C=O) groups is 2. The third-order valence-electron chi connectivity index (χ3n) is 4.00. The van der Waals surface area contributed by atoms with Crippen LogP contribution >= 0.6 is 0 Å². The number of alkyl carbamates (subject to hydrolysis) is 1. The topological polar surface area (TPSA) is 80.6 Å². The summed E-state index contributed by atoms with van der Waals surface area (Å²) in [5.74, 6) is 0.696. The van der Waals surface area contributed by atoms with Crippen molar-refractivity contribution in [1.82, 2.24) is 10.6 Å². The molecule has 0 saturated carbocycles. The van der Waals surface area contributed by atoms with Crippen LogP contribution in [0.25, 0.3) is 0 Å². The second kappa shape index (κ2) is 7.68. The van der Waals surface area contributed by atoms with Gasteiger partial charge < -0.3 is 19.8 Å². The van der Waals surface area contributed by atoms with Gasteiger partial charge in [-0.15, -0.1) is 0 Å². The maximum atomic E-state index is 11.9. The van der Waals surface area contributed by atoms with Gasteiger partial charge in [0, 0.05) is 13.0 Å². The number of piperidine rings is 1. The Morgan fingerprint density at radius 1 is 1.25 bits per heavy atom. The monoisotopic (exact) mass is 328 g/mol. The van der Waals surface area contributed by atoms with Crippen LogP contribution < -0.4 is 10.6 Å². The van der Waals surface area contributed by atoms with Gasteiger partial charge in [-0.3, -0.25) is 4.79 Å². The van der Waals surface area contributed by atoms with Crippen molar-refractivity contribution in [3.05, 3.63) is 59.5 Å². The average Bonchev–Trinajstić information content (AvgIpc) is 3.09. The molecule has 2 heterocycles. The minimum absolute atomic E-state index is 0.150. The molecule has 126 valence electrons. The highest BCUT2D eigenvalue weighted by molar-refractivity contribution is 5.86. The van der Waals surface area contributed by atoms with Crippen molar-refractivity contribution in [3.8, 4) is 0 Å². The van der Waals surface area contributed by atoms with E-state index in [4.69, 9.17) is 9.15 Å². The maximum absolute atomic E-state index is 11.9. The Balaban J connectivity index is 1.56. The molecule has 6 nitrogen and oxygen atoms in total. The van der Waals surface area contributed by atoms with Gasteiger partial charge in [0.1, 0.15) is 18.4 Å². The molecule has 2 aromatic rings. The Morgan fingerprint density at radius 2 is 2.08 bits per heavy atom. The standard InChI is InChI=1S/C18H20N2O4/c21-17-16(8-3-9-19-17)20-18(22)24-12-14-6-2-1-5-13(14)11-15-7-4-10-23-15/h1-2,4-7,10,16H,3,8-9,11-12H2,(H,19,21)(H,20,22)/t16-/m0/s1. The summed E-state index contributed by atoms with van der Waals surface area (Å²) in [6.45, 7) is 0.809. The lowest BCUT2D eigenvalue weighted by Gasteiger charge is -2.22. The molecule has 1 aliphatic rings. The van der Waals surface area contributed by atoms with Crippen LogP contribution in [-0.4, -0.2) is 24.6 Å². The summed E-state index contributed by atoms with van der Waals surface area (Å²) in [6.07, 6.45) is 3.18. The van der Waals surface area contributed by atoms with Gasteiger partial charge >= 0.3 is 6.09 Å². The number of hydrogen-bond donors (Lipinski definition) is 2. The van der Waals surface area contributed by atoms with Gasteiger partial charge in [-0.05, 0) is 36.1 Å². The van der Waals surface area contributed by atoms with E-state index in [2.05, 4.69) is 10.6 Å². The SMILES string of the molecule is O=C(N[C@H]1CCCNC1=O)OCc1ccccc1Cc1ccco1. The van der Waals surface area contributed by atoms with Crippen molar-refractivity contribution < 1.29 is 18.7 Å². The zero-order chi connectivity index (χ0) is 16.8. The summed E-state index contributed by atoms with van der Waals surface area (Å²) >= 11 is 0. The molecule has 0 radical (unpaired) electrons. The van der Waals surface area contributed by atoms with Gasteiger partial charge in [-0.25, -0.2) is 4.79 Å². The quantitative estimate of drug-likeness (QED) is 0.883. The minimum Gasteiger partial charge on any atom is -0.469 e. The fourth-order valence-corrected chi connectivity index (χ4v) is 2.71. The Kier molecular flexibility index (Phi) is 5.15. The molecule has 6 heteroatoms. The van der Waals surface area contributed by atoms with Crippen molar-refractivity contribution in [1.29, 1.82) is 0 Å². The smallest absolute Gasteiger partial charge is 0.408 e. The molecule has 1 aliphatic heterocycles. The zero-order valence-corrected chi connectivity index (χ0v) is 13.3. The van der Waals surface area contributed by atoms with Gasteiger partial charge in [0.25, 0.3) is 0 Å². The molecule has 0 spiro atoms. The van der Waals surface area contributed by atoms with Crippen molar-refractivity contribution in [2.45, 2.75) is 31.9 Å². The Morgan fingerprint density at radius 3 is 2.83 bits per heavy atom. The predicted molar refractivity (Wildman–Crippen MR) is 87.3 cm³/mol. The molecule has 0 unspecified atom stereocenters. The van der Waals surface area contributed by atoms with Crippen LogP contribution in [0.2, 0.25) is 0 Å². The summed E-state index contributed by atoms with van der Waals surface area (Å²) in [6, 6.07) is 11.0. The fraction of sp³-hybridized carbons (Fsp3) is 0.333. The summed E-state index contributed by atoms with van der Waals surface area (Å²) in [5.41, 5.74) is 1.95. The highest BCUT2D eigenvalue weighted by Crippen LogP contribution is 2.16. The largest absolute Gasteiger partial charge is 0.469 e. The third kappa shape index (κ3) is 4.16. The number of nitrogens with one attached hydrogen (secondary N) is 2. The number of ether oxygens (including phenoxy) is 1. The first kappa shape index (κ1) is 16.1. The molecule has 0 bridgehead atoms. The van der Waals surface area contributed by atoms with Crippen molar-refractivity contribution in [2.24, 2.45) is 0 Å². The van der Waals surface area contributed by atoms with E-state index in [-0.39, 0.29) is 12.5 Å². The lowest BCUT2D eigenvalue weighted by atomic mass is 10.0. The number of furan rings is 1. The predicted octanol–water partition coefficient (Wildman–Crippen LogP) is 2.38. The van der Waals surface area contributed by atoms with Crippen LogP contribution in [0.1, 0.15) is 29.7 Å². The second-order valence-electron chi connectivity index (χ2n) is 5.73. The molecule has 1 saturated heterocycles. The molecule has 1 aromatic carbocycles. The lowest BCUT2D eigenvalue weighted by molar-refractivity contribution is -0.124. The van der Waals surface area contributed by atoms with Crippen LogP contribution in [0.15, 0.2) is 47.1 Å². The second-order valence-corrected chi connectivity index (χ2v) is 5.73. The maximum Gasteiger partial charge on any atom is 0.408 e. The van der Waals surface area contributed by atoms with E-state index < -0.39 is 12.1 Å². The van der Waals surface area contributed by atoms with E-state index in [1.54, 1.807) is 6.26 Å². The average molecular weight is 328 g/mol. The van der Waals surface area contributed by atoms with Gasteiger partial charge in [0.2, 0.25) is 5.91 Å². The van der Waals surface area contributed by atoms with E-state index in [1.165, 1.54) is 0 Å². The van der Waals surface area contributed by atoms with E-state index in [9.17, 15) is 9.59 Å². The Bertz CT molecular complexity index is 697. The number of benzene rings is 1. The molecular weight excluding hydrogens is 308 g/mol.